The molecule has 0 aliphatic rings. The number of hydrogen-bond acceptors (Lipinski definition) is 2. The smallest absolute Gasteiger partial charge is 0.282 e. The van der Waals surface area contributed by atoms with Crippen molar-refractivity contribution in [3.05, 3.63) is 29.8 Å². The van der Waals surface area contributed by atoms with E-state index in [4.69, 9.17) is 4.55 Å². The van der Waals surface area contributed by atoms with Crippen molar-refractivity contribution < 1.29 is 13.0 Å². The molecule has 0 fully saturated rings. The zero-order chi connectivity index (χ0) is 11.0. The minimum atomic E-state index is -4.07. The summed E-state index contributed by atoms with van der Waals surface area (Å²) in [5.41, 5.74) is 1.02. The van der Waals surface area contributed by atoms with Gasteiger partial charge in [-0.25, -0.2) is 0 Å². The molecule has 14 heavy (non-hydrogen) atoms. The molecule has 0 heterocycles. The van der Waals surface area contributed by atoms with E-state index in [0.29, 0.717) is 0 Å². The van der Waals surface area contributed by atoms with E-state index in [1.165, 1.54) is 12.1 Å². The third-order valence-corrected chi connectivity index (χ3v) is 2.89. The van der Waals surface area contributed by atoms with Crippen LogP contribution in [-0.4, -0.2) is 13.0 Å². The molecule has 0 saturated heterocycles. The fourth-order valence-electron chi connectivity index (χ4n) is 1.13. The van der Waals surface area contributed by atoms with Gasteiger partial charge in [-0.1, -0.05) is 32.9 Å². The van der Waals surface area contributed by atoms with Crippen molar-refractivity contribution in [2.24, 2.45) is 0 Å². The van der Waals surface area contributed by atoms with Gasteiger partial charge >= 0.3 is 0 Å². The van der Waals surface area contributed by atoms with Gasteiger partial charge in [-0.15, -0.1) is 0 Å². The molecule has 0 aromatic heterocycles. The maximum atomic E-state index is 10.7. The molecule has 0 bridgehead atoms. The molecule has 1 aromatic carbocycles. The summed E-state index contributed by atoms with van der Waals surface area (Å²) in [5, 5.41) is 0. The fourth-order valence-corrected chi connectivity index (χ4v) is 1.61. The third-order valence-electron chi connectivity index (χ3n) is 2.02. The lowest BCUT2D eigenvalue weighted by Gasteiger charge is -2.18. The molecule has 0 unspecified atom stereocenters. The summed E-state index contributed by atoms with van der Waals surface area (Å²) >= 11 is 0. The highest BCUT2D eigenvalue weighted by molar-refractivity contribution is 7.85. The Balaban J connectivity index is 3.14. The summed E-state index contributed by atoms with van der Waals surface area (Å²) in [7, 11) is -4.07. The fraction of sp³-hybridized carbons (Fsp3) is 0.400. The van der Waals surface area contributed by atoms with Gasteiger partial charge in [0.2, 0.25) is 0 Å². The van der Waals surface area contributed by atoms with Gasteiger partial charge in [0.1, 0.15) is 0 Å². The van der Waals surface area contributed by atoms with Crippen molar-refractivity contribution in [3.63, 3.8) is 0 Å². The summed E-state index contributed by atoms with van der Waals surface area (Å²) in [6.45, 7) is 6.11. The molecule has 1 N–H and O–H groups in total. The molecule has 1 aromatic rings. The van der Waals surface area contributed by atoms with Gasteiger partial charge in [-0.3, -0.25) is 4.55 Å². The van der Waals surface area contributed by atoms with Crippen LogP contribution < -0.4 is 0 Å². The highest BCUT2D eigenvalue weighted by atomic mass is 32.2. The number of benzene rings is 1. The second kappa shape index (κ2) is 3.37. The van der Waals surface area contributed by atoms with E-state index in [1.54, 1.807) is 12.1 Å². The highest BCUT2D eigenvalue weighted by Crippen LogP contribution is 2.23. The first-order valence-electron chi connectivity index (χ1n) is 4.29. The molecule has 0 amide bonds. The monoisotopic (exact) mass is 214 g/mol. The summed E-state index contributed by atoms with van der Waals surface area (Å²) in [6.07, 6.45) is 0. The van der Waals surface area contributed by atoms with Gasteiger partial charge in [0.15, 0.2) is 0 Å². The molecule has 0 aliphatic carbocycles. The molecule has 0 spiro atoms. The standard InChI is InChI=1S/C10H14O3S/c1-10(2,3)8-4-6-9(7-5-8)14(11,12)13/h4-7H,1-3H3,(H,11,12,13). The Morgan fingerprint density at radius 1 is 1.07 bits per heavy atom. The largest absolute Gasteiger partial charge is 0.294 e. The first kappa shape index (κ1) is 11.2. The quantitative estimate of drug-likeness (QED) is 0.729. The molecule has 0 radical (unpaired) electrons. The van der Waals surface area contributed by atoms with E-state index < -0.39 is 10.1 Å². The molecule has 3 nitrogen and oxygen atoms in total. The minimum absolute atomic E-state index is 0.0161. The van der Waals surface area contributed by atoms with Gasteiger partial charge in [-0.05, 0) is 23.1 Å². The zero-order valence-electron chi connectivity index (χ0n) is 8.48. The molecule has 78 valence electrons. The van der Waals surface area contributed by atoms with Crippen molar-refractivity contribution in [2.75, 3.05) is 0 Å². The average molecular weight is 214 g/mol. The van der Waals surface area contributed by atoms with Crippen LogP contribution in [0.25, 0.3) is 0 Å². The van der Waals surface area contributed by atoms with Crippen molar-refractivity contribution in [1.82, 2.24) is 0 Å². The summed E-state index contributed by atoms with van der Waals surface area (Å²) in [6, 6.07) is 6.25. The SMILES string of the molecule is CC(C)(C)c1ccc(S(=O)(=O)O)cc1. The predicted molar refractivity (Wildman–Crippen MR) is 55.0 cm³/mol. The Morgan fingerprint density at radius 3 is 1.79 bits per heavy atom. The molecular formula is C10H14O3S. The van der Waals surface area contributed by atoms with Crippen LogP contribution in [0.3, 0.4) is 0 Å². The highest BCUT2D eigenvalue weighted by Gasteiger charge is 2.15. The Morgan fingerprint density at radius 2 is 1.50 bits per heavy atom. The van der Waals surface area contributed by atoms with Gasteiger partial charge in [0, 0.05) is 0 Å². The number of hydrogen-bond donors (Lipinski definition) is 1. The van der Waals surface area contributed by atoms with Crippen molar-refractivity contribution in [1.29, 1.82) is 0 Å². The van der Waals surface area contributed by atoms with Crippen LogP contribution in [0.1, 0.15) is 26.3 Å². The van der Waals surface area contributed by atoms with Crippen molar-refractivity contribution in [3.8, 4) is 0 Å². The maximum absolute atomic E-state index is 10.7. The van der Waals surface area contributed by atoms with E-state index in [0.717, 1.165) is 5.56 Å². The summed E-state index contributed by atoms with van der Waals surface area (Å²) in [4.78, 5) is -0.0644. The van der Waals surface area contributed by atoms with Gasteiger partial charge < -0.3 is 0 Å². The van der Waals surface area contributed by atoms with E-state index in [-0.39, 0.29) is 10.3 Å². The van der Waals surface area contributed by atoms with Crippen LogP contribution in [0.4, 0.5) is 0 Å². The van der Waals surface area contributed by atoms with Crippen LogP contribution in [0.5, 0.6) is 0 Å². The van der Waals surface area contributed by atoms with Gasteiger partial charge in [0.25, 0.3) is 10.1 Å². The van der Waals surface area contributed by atoms with E-state index in [9.17, 15) is 8.42 Å². The van der Waals surface area contributed by atoms with Crippen molar-refractivity contribution >= 4 is 10.1 Å². The molecule has 4 heteroatoms. The minimum Gasteiger partial charge on any atom is -0.282 e. The molecule has 0 saturated carbocycles. The second-order valence-corrected chi connectivity index (χ2v) is 5.67. The van der Waals surface area contributed by atoms with Crippen molar-refractivity contribution in [2.45, 2.75) is 31.1 Å². The lowest BCUT2D eigenvalue weighted by Crippen LogP contribution is -2.11. The van der Waals surface area contributed by atoms with E-state index in [2.05, 4.69) is 0 Å². The van der Waals surface area contributed by atoms with E-state index >= 15 is 0 Å². The molecular weight excluding hydrogens is 200 g/mol. The Labute approximate surface area is 84.5 Å². The molecule has 0 atom stereocenters. The Bertz CT molecular complexity index is 410. The van der Waals surface area contributed by atoms with Crippen LogP contribution in [-0.2, 0) is 15.5 Å². The molecule has 0 aliphatic heterocycles. The topological polar surface area (TPSA) is 54.4 Å². The van der Waals surface area contributed by atoms with Crippen LogP contribution in [0, 0.1) is 0 Å². The number of rotatable bonds is 1. The average Bonchev–Trinajstić information content (AvgIpc) is 2.01. The lowest BCUT2D eigenvalue weighted by molar-refractivity contribution is 0.483. The lowest BCUT2D eigenvalue weighted by atomic mass is 9.87. The van der Waals surface area contributed by atoms with Gasteiger partial charge in [0.05, 0.1) is 4.90 Å². The van der Waals surface area contributed by atoms with Gasteiger partial charge in [-0.2, -0.15) is 8.42 Å². The summed E-state index contributed by atoms with van der Waals surface area (Å²) < 4.78 is 30.3. The third kappa shape index (κ3) is 2.56. The first-order chi connectivity index (χ1) is 6.21. The van der Waals surface area contributed by atoms with E-state index in [1.807, 2.05) is 20.8 Å². The Kier molecular flexibility index (Phi) is 2.69. The predicted octanol–water partition coefficient (Wildman–Crippen LogP) is 2.23. The molecule has 1 rings (SSSR count). The zero-order valence-corrected chi connectivity index (χ0v) is 9.30. The summed E-state index contributed by atoms with van der Waals surface area (Å²) in [5.74, 6) is 0. The van der Waals surface area contributed by atoms with Crippen LogP contribution >= 0.6 is 0 Å². The normalized spacial score (nSPS) is 12.9. The first-order valence-corrected chi connectivity index (χ1v) is 5.73. The Hall–Kier alpha value is -0.870. The van der Waals surface area contributed by atoms with Crippen LogP contribution in [0.15, 0.2) is 29.2 Å². The second-order valence-electron chi connectivity index (χ2n) is 4.25. The van der Waals surface area contributed by atoms with Crippen LogP contribution in [0.2, 0.25) is 0 Å². The maximum Gasteiger partial charge on any atom is 0.294 e.